The van der Waals surface area contributed by atoms with E-state index in [9.17, 15) is 4.79 Å². The van der Waals surface area contributed by atoms with Crippen LogP contribution in [0.25, 0.3) is 10.6 Å². The molecule has 0 unspecified atom stereocenters. The van der Waals surface area contributed by atoms with E-state index < -0.39 is 0 Å². The first-order valence-electron chi connectivity index (χ1n) is 6.27. The number of aromatic nitrogens is 1. The fourth-order valence-corrected chi connectivity index (χ4v) is 2.68. The minimum absolute atomic E-state index is 0.131. The van der Waals surface area contributed by atoms with Gasteiger partial charge in [0.25, 0.3) is 5.91 Å². The first-order valence-corrected chi connectivity index (χ1v) is 7.71. The Morgan fingerprint density at radius 3 is 2.76 bits per heavy atom. The molecule has 112 valence electrons. The number of thiol groups is 1. The standard InChI is InChI=1S/C14H16N2O3S2/c1-18-10-4-3-9(7-11(10)19-2)14-16-8-12(21-14)13(17)15-5-6-20/h3-4,7-8,20H,5-6H2,1-2H3,(H,15,17). The lowest BCUT2D eigenvalue weighted by molar-refractivity contribution is 0.0960. The van der Waals surface area contributed by atoms with E-state index in [1.807, 2.05) is 18.2 Å². The number of nitrogens with zero attached hydrogens (tertiary/aromatic N) is 1. The molecule has 1 amide bonds. The van der Waals surface area contributed by atoms with Gasteiger partial charge in [-0.3, -0.25) is 4.79 Å². The average molecular weight is 324 g/mol. The van der Waals surface area contributed by atoms with E-state index in [4.69, 9.17) is 9.47 Å². The van der Waals surface area contributed by atoms with Gasteiger partial charge < -0.3 is 14.8 Å². The molecule has 7 heteroatoms. The molecule has 1 aromatic heterocycles. The maximum absolute atomic E-state index is 11.9. The van der Waals surface area contributed by atoms with E-state index in [-0.39, 0.29) is 5.91 Å². The minimum Gasteiger partial charge on any atom is -0.493 e. The quantitative estimate of drug-likeness (QED) is 0.802. The summed E-state index contributed by atoms with van der Waals surface area (Å²) in [5, 5.41) is 3.52. The molecule has 2 aromatic rings. The topological polar surface area (TPSA) is 60.5 Å². The summed E-state index contributed by atoms with van der Waals surface area (Å²) in [6.07, 6.45) is 1.57. The Morgan fingerprint density at radius 2 is 2.10 bits per heavy atom. The smallest absolute Gasteiger partial charge is 0.263 e. The molecule has 0 aliphatic heterocycles. The van der Waals surface area contributed by atoms with Crippen molar-refractivity contribution in [2.24, 2.45) is 0 Å². The number of hydrogen-bond acceptors (Lipinski definition) is 6. The first-order chi connectivity index (χ1) is 10.2. The zero-order valence-electron chi connectivity index (χ0n) is 11.8. The molecule has 0 aliphatic rings. The van der Waals surface area contributed by atoms with E-state index >= 15 is 0 Å². The van der Waals surface area contributed by atoms with Gasteiger partial charge in [0.15, 0.2) is 11.5 Å². The van der Waals surface area contributed by atoms with E-state index in [0.29, 0.717) is 28.7 Å². The highest BCUT2D eigenvalue weighted by Gasteiger charge is 2.13. The van der Waals surface area contributed by atoms with Crippen LogP contribution in [0.5, 0.6) is 11.5 Å². The molecule has 2 rings (SSSR count). The molecule has 0 fully saturated rings. The maximum Gasteiger partial charge on any atom is 0.263 e. The zero-order valence-corrected chi connectivity index (χ0v) is 13.5. The first kappa shape index (κ1) is 15.7. The highest BCUT2D eigenvalue weighted by molar-refractivity contribution is 7.80. The summed E-state index contributed by atoms with van der Waals surface area (Å²) in [6.45, 7) is 0.533. The lowest BCUT2D eigenvalue weighted by Gasteiger charge is -2.08. The Balaban J connectivity index is 2.23. The maximum atomic E-state index is 11.9. The summed E-state index contributed by atoms with van der Waals surface area (Å²) in [6, 6.07) is 5.54. The summed E-state index contributed by atoms with van der Waals surface area (Å²) >= 11 is 5.39. The van der Waals surface area contributed by atoms with Gasteiger partial charge in [-0.2, -0.15) is 12.6 Å². The predicted octanol–water partition coefficient (Wildman–Crippen LogP) is 2.49. The van der Waals surface area contributed by atoms with Crippen LogP contribution >= 0.6 is 24.0 Å². The monoisotopic (exact) mass is 324 g/mol. The summed E-state index contributed by atoms with van der Waals surface area (Å²) in [4.78, 5) is 16.7. The van der Waals surface area contributed by atoms with Gasteiger partial charge in [-0.15, -0.1) is 11.3 Å². The number of rotatable bonds is 6. The number of benzene rings is 1. The second-order valence-electron chi connectivity index (χ2n) is 4.08. The summed E-state index contributed by atoms with van der Waals surface area (Å²) in [7, 11) is 3.17. The molecule has 21 heavy (non-hydrogen) atoms. The molecular weight excluding hydrogens is 308 g/mol. The van der Waals surface area contributed by atoms with Gasteiger partial charge in [0.1, 0.15) is 9.88 Å². The molecule has 5 nitrogen and oxygen atoms in total. The van der Waals surface area contributed by atoms with E-state index in [2.05, 4.69) is 22.9 Å². The predicted molar refractivity (Wildman–Crippen MR) is 86.8 cm³/mol. The van der Waals surface area contributed by atoms with Crippen LogP contribution in [0.15, 0.2) is 24.4 Å². The molecule has 0 spiro atoms. The van der Waals surface area contributed by atoms with Crippen molar-refractivity contribution in [3.63, 3.8) is 0 Å². The van der Waals surface area contributed by atoms with Crippen LogP contribution in [0, 0.1) is 0 Å². The summed E-state index contributed by atoms with van der Waals surface area (Å²) in [5.74, 6) is 1.76. The van der Waals surface area contributed by atoms with Gasteiger partial charge in [-0.25, -0.2) is 4.98 Å². The third-order valence-electron chi connectivity index (χ3n) is 2.76. The van der Waals surface area contributed by atoms with Crippen molar-refractivity contribution in [1.29, 1.82) is 0 Å². The number of carbonyl (C=O) groups is 1. The van der Waals surface area contributed by atoms with Crippen LogP contribution in [0.2, 0.25) is 0 Å². The zero-order chi connectivity index (χ0) is 15.2. The average Bonchev–Trinajstić information content (AvgIpc) is 3.01. The second-order valence-corrected chi connectivity index (χ2v) is 5.56. The molecule has 0 aliphatic carbocycles. The summed E-state index contributed by atoms with van der Waals surface area (Å²) in [5.41, 5.74) is 0.880. The van der Waals surface area contributed by atoms with Crippen LogP contribution in [-0.2, 0) is 0 Å². The molecule has 0 saturated heterocycles. The van der Waals surface area contributed by atoms with Gasteiger partial charge in [0, 0.05) is 17.9 Å². The number of nitrogens with one attached hydrogen (secondary N) is 1. The number of ether oxygens (including phenoxy) is 2. The molecule has 1 aromatic carbocycles. The highest BCUT2D eigenvalue weighted by atomic mass is 32.1. The Bertz CT molecular complexity index is 628. The van der Waals surface area contributed by atoms with Gasteiger partial charge in [0.05, 0.1) is 20.4 Å². The van der Waals surface area contributed by atoms with Crippen molar-refractivity contribution in [2.45, 2.75) is 0 Å². The van der Waals surface area contributed by atoms with Crippen LogP contribution in [0.4, 0.5) is 0 Å². The number of thiazole rings is 1. The number of amides is 1. The van der Waals surface area contributed by atoms with Crippen molar-refractivity contribution >= 4 is 29.9 Å². The van der Waals surface area contributed by atoms with Crippen molar-refractivity contribution in [2.75, 3.05) is 26.5 Å². The number of hydrogen-bond donors (Lipinski definition) is 2. The van der Waals surface area contributed by atoms with Crippen LogP contribution in [0.3, 0.4) is 0 Å². The molecule has 1 N–H and O–H groups in total. The SMILES string of the molecule is COc1ccc(-c2ncc(C(=O)NCCS)s2)cc1OC. The van der Waals surface area contributed by atoms with Crippen molar-refractivity contribution in [3.8, 4) is 22.1 Å². The minimum atomic E-state index is -0.131. The molecule has 0 atom stereocenters. The Kier molecular flexibility index (Phi) is 5.46. The van der Waals surface area contributed by atoms with Crippen molar-refractivity contribution in [3.05, 3.63) is 29.3 Å². The Labute approximate surface area is 132 Å². The lowest BCUT2D eigenvalue weighted by atomic mass is 10.2. The Hall–Kier alpha value is -1.73. The van der Waals surface area contributed by atoms with Gasteiger partial charge in [-0.1, -0.05) is 0 Å². The largest absolute Gasteiger partial charge is 0.493 e. The molecular formula is C14H16N2O3S2. The van der Waals surface area contributed by atoms with Crippen molar-refractivity contribution < 1.29 is 14.3 Å². The third kappa shape index (κ3) is 3.68. The van der Waals surface area contributed by atoms with Gasteiger partial charge in [0.2, 0.25) is 0 Å². The fraction of sp³-hybridized carbons (Fsp3) is 0.286. The normalized spacial score (nSPS) is 10.2. The molecule has 0 saturated carbocycles. The molecule has 0 radical (unpaired) electrons. The van der Waals surface area contributed by atoms with Crippen LogP contribution in [0.1, 0.15) is 9.67 Å². The fourth-order valence-electron chi connectivity index (χ4n) is 1.74. The molecule has 1 heterocycles. The third-order valence-corrected chi connectivity index (χ3v) is 4.03. The van der Waals surface area contributed by atoms with Crippen LogP contribution < -0.4 is 14.8 Å². The second kappa shape index (κ2) is 7.33. The van der Waals surface area contributed by atoms with E-state index in [0.717, 1.165) is 10.6 Å². The highest BCUT2D eigenvalue weighted by Crippen LogP contribution is 2.33. The van der Waals surface area contributed by atoms with Gasteiger partial charge in [-0.05, 0) is 18.2 Å². The lowest BCUT2D eigenvalue weighted by Crippen LogP contribution is -2.24. The van der Waals surface area contributed by atoms with Crippen LogP contribution in [-0.4, -0.2) is 37.4 Å². The van der Waals surface area contributed by atoms with E-state index in [1.165, 1.54) is 11.3 Å². The summed E-state index contributed by atoms with van der Waals surface area (Å²) < 4.78 is 10.5. The number of methoxy groups -OCH3 is 2. The molecule has 0 bridgehead atoms. The number of carbonyl (C=O) groups excluding carboxylic acids is 1. The van der Waals surface area contributed by atoms with E-state index in [1.54, 1.807) is 20.4 Å². The van der Waals surface area contributed by atoms with Crippen molar-refractivity contribution in [1.82, 2.24) is 10.3 Å². The van der Waals surface area contributed by atoms with Gasteiger partial charge >= 0.3 is 0 Å². The Morgan fingerprint density at radius 1 is 1.33 bits per heavy atom.